The number of likely N-dealkylation sites (tertiary alicyclic amines) is 1. The predicted molar refractivity (Wildman–Crippen MR) is 109 cm³/mol. The van der Waals surface area contributed by atoms with Crippen LogP contribution < -0.4 is 0 Å². The van der Waals surface area contributed by atoms with Crippen molar-refractivity contribution in [1.82, 2.24) is 19.5 Å². The zero-order chi connectivity index (χ0) is 20.4. The highest BCUT2D eigenvalue weighted by atomic mass is 33.1. The Bertz CT molecular complexity index is 867. The van der Waals surface area contributed by atoms with Gasteiger partial charge in [0, 0.05) is 30.2 Å². The van der Waals surface area contributed by atoms with Gasteiger partial charge in [-0.3, -0.25) is 9.20 Å². The van der Waals surface area contributed by atoms with E-state index in [0.29, 0.717) is 30.5 Å². The minimum Gasteiger partial charge on any atom is -0.332 e. The minimum absolute atomic E-state index is 0.0599. The molecule has 0 N–H and O–H groups in total. The van der Waals surface area contributed by atoms with E-state index in [-0.39, 0.29) is 17.6 Å². The number of nitrogens with zero attached hydrogens (tertiary/aromatic N) is 4. The van der Waals surface area contributed by atoms with Crippen molar-refractivity contribution in [3.8, 4) is 0 Å². The quantitative estimate of drug-likeness (QED) is 0.457. The Hall–Kier alpha value is -1.42. The third kappa shape index (κ3) is 4.52. The van der Waals surface area contributed by atoms with E-state index in [4.69, 9.17) is 0 Å². The number of pyridine rings is 1. The molecule has 5 nitrogen and oxygen atoms in total. The van der Waals surface area contributed by atoms with Gasteiger partial charge in [-0.15, -0.1) is 10.2 Å². The molecule has 0 radical (unpaired) electrons. The van der Waals surface area contributed by atoms with E-state index >= 15 is 0 Å². The molecule has 1 amide bonds. The molecule has 2 aliphatic rings. The number of aromatic nitrogens is 3. The third-order valence-corrected chi connectivity index (χ3v) is 8.54. The van der Waals surface area contributed by atoms with Gasteiger partial charge >= 0.3 is 6.18 Å². The van der Waals surface area contributed by atoms with Crippen molar-refractivity contribution in [3.63, 3.8) is 0 Å². The van der Waals surface area contributed by atoms with Crippen molar-refractivity contribution in [2.45, 2.75) is 62.4 Å². The fraction of sp³-hybridized carbons (Fsp3) is 0.632. The third-order valence-electron chi connectivity index (χ3n) is 5.53. The maximum atomic E-state index is 13.2. The average Bonchev–Trinajstić information content (AvgIpc) is 3.43. The second kappa shape index (κ2) is 8.75. The molecular weight excluding hydrogens is 421 g/mol. The van der Waals surface area contributed by atoms with Gasteiger partial charge in [0.25, 0.3) is 0 Å². The van der Waals surface area contributed by atoms with E-state index < -0.39 is 11.7 Å². The number of carbonyl (C=O) groups is 1. The van der Waals surface area contributed by atoms with Crippen LogP contribution in [0.3, 0.4) is 0 Å². The molecule has 0 bridgehead atoms. The van der Waals surface area contributed by atoms with E-state index in [1.54, 1.807) is 4.90 Å². The Balaban J connectivity index is 1.43. The molecule has 0 saturated carbocycles. The number of halogens is 3. The van der Waals surface area contributed by atoms with Gasteiger partial charge in [0.05, 0.1) is 6.04 Å². The molecule has 4 rings (SSSR count). The molecular formula is C19H23F3N4OS2. The number of fused-ring (bicyclic) bond motifs is 1. The highest BCUT2D eigenvalue weighted by molar-refractivity contribution is 8.77. The van der Waals surface area contributed by atoms with Gasteiger partial charge in [0.1, 0.15) is 5.56 Å². The van der Waals surface area contributed by atoms with Gasteiger partial charge in [-0.25, -0.2) is 0 Å². The van der Waals surface area contributed by atoms with Crippen LogP contribution in [-0.4, -0.2) is 43.0 Å². The Morgan fingerprint density at radius 1 is 1.24 bits per heavy atom. The van der Waals surface area contributed by atoms with Crippen LogP contribution in [0.15, 0.2) is 18.3 Å². The van der Waals surface area contributed by atoms with Crippen LogP contribution in [0, 0.1) is 0 Å². The summed E-state index contributed by atoms with van der Waals surface area (Å²) in [6.07, 6.45) is 3.31. The Kier molecular flexibility index (Phi) is 6.29. The fourth-order valence-corrected chi connectivity index (χ4v) is 7.10. The molecule has 2 saturated heterocycles. The molecule has 2 unspecified atom stereocenters. The average molecular weight is 445 g/mol. The van der Waals surface area contributed by atoms with E-state index in [2.05, 4.69) is 10.2 Å². The first-order chi connectivity index (χ1) is 13.9. The molecule has 10 heteroatoms. The molecule has 0 aliphatic carbocycles. The van der Waals surface area contributed by atoms with Crippen molar-refractivity contribution in [1.29, 1.82) is 0 Å². The van der Waals surface area contributed by atoms with Crippen LogP contribution in [-0.2, 0) is 11.0 Å². The van der Waals surface area contributed by atoms with Crippen molar-refractivity contribution in [2.75, 3.05) is 12.3 Å². The number of amides is 1. The van der Waals surface area contributed by atoms with Crippen LogP contribution in [0.1, 0.15) is 62.4 Å². The molecule has 2 fully saturated rings. The summed E-state index contributed by atoms with van der Waals surface area (Å²) in [6, 6.07) is 2.04. The first kappa shape index (κ1) is 20.8. The second-order valence-corrected chi connectivity index (χ2v) is 10.3. The van der Waals surface area contributed by atoms with Crippen LogP contribution in [0.2, 0.25) is 0 Å². The van der Waals surface area contributed by atoms with E-state index in [1.807, 2.05) is 21.6 Å². The maximum absolute atomic E-state index is 13.2. The van der Waals surface area contributed by atoms with Gasteiger partial charge in [0.2, 0.25) is 5.91 Å². The first-order valence-electron chi connectivity index (χ1n) is 9.94. The molecule has 2 aromatic rings. The lowest BCUT2D eigenvalue weighted by Gasteiger charge is -2.23. The summed E-state index contributed by atoms with van der Waals surface area (Å²) >= 11 is 0. The molecule has 158 valence electrons. The Labute approximate surface area is 175 Å². The first-order valence-corrected chi connectivity index (χ1v) is 12.3. The summed E-state index contributed by atoms with van der Waals surface area (Å²) in [7, 11) is 3.88. The highest BCUT2D eigenvalue weighted by Crippen LogP contribution is 2.40. The Morgan fingerprint density at radius 2 is 2.10 bits per heavy atom. The zero-order valence-electron chi connectivity index (χ0n) is 15.9. The number of hydrogen-bond donors (Lipinski definition) is 0. The van der Waals surface area contributed by atoms with Gasteiger partial charge in [-0.1, -0.05) is 28.0 Å². The summed E-state index contributed by atoms with van der Waals surface area (Å²) in [5.74, 6) is 1.69. The van der Waals surface area contributed by atoms with Gasteiger partial charge in [0.15, 0.2) is 11.5 Å². The predicted octanol–water partition coefficient (Wildman–Crippen LogP) is 5.13. The SMILES string of the molecule is O=C(CCCCC1CCSS1)N1CCCC1c1nnc2c(C(F)(F)F)cccn12. The number of rotatable bonds is 6. The summed E-state index contributed by atoms with van der Waals surface area (Å²) in [5.41, 5.74) is -1.01. The lowest BCUT2D eigenvalue weighted by molar-refractivity contribution is -0.136. The molecule has 29 heavy (non-hydrogen) atoms. The lowest BCUT2D eigenvalue weighted by Crippen LogP contribution is -2.31. The standard InChI is InChI=1S/C19H23F3N4OS2/c20-19(21,22)14-6-3-11-26-17(14)23-24-18(26)15-7-4-10-25(15)16(27)8-2-1-5-13-9-12-28-29-13/h3,6,11,13,15H,1-2,4-5,7-10,12H2. The van der Waals surface area contributed by atoms with Gasteiger partial charge in [-0.05, 0) is 44.2 Å². The topological polar surface area (TPSA) is 50.5 Å². The lowest BCUT2D eigenvalue weighted by atomic mass is 10.1. The normalized spacial score (nSPS) is 22.7. The minimum atomic E-state index is -4.49. The molecule has 4 heterocycles. The summed E-state index contributed by atoms with van der Waals surface area (Å²) < 4.78 is 41.1. The number of hydrogen-bond acceptors (Lipinski definition) is 5. The fourth-order valence-electron chi connectivity index (χ4n) is 4.07. The second-order valence-electron chi connectivity index (χ2n) is 7.49. The largest absolute Gasteiger partial charge is 0.420 e. The highest BCUT2D eigenvalue weighted by Gasteiger charge is 2.37. The van der Waals surface area contributed by atoms with Crippen molar-refractivity contribution >= 4 is 33.1 Å². The van der Waals surface area contributed by atoms with Gasteiger partial charge < -0.3 is 4.90 Å². The summed E-state index contributed by atoms with van der Waals surface area (Å²) in [6.45, 7) is 0.618. The zero-order valence-corrected chi connectivity index (χ0v) is 17.5. The summed E-state index contributed by atoms with van der Waals surface area (Å²) in [5, 5.41) is 8.55. The molecule has 0 spiro atoms. The number of unbranched alkanes of at least 4 members (excludes halogenated alkanes) is 1. The van der Waals surface area contributed by atoms with E-state index in [0.717, 1.165) is 31.7 Å². The van der Waals surface area contributed by atoms with Crippen molar-refractivity contribution in [2.24, 2.45) is 0 Å². The van der Waals surface area contributed by atoms with Crippen molar-refractivity contribution in [3.05, 3.63) is 29.7 Å². The number of alkyl halides is 3. The smallest absolute Gasteiger partial charge is 0.332 e. The van der Waals surface area contributed by atoms with E-state index in [1.165, 1.54) is 28.8 Å². The summed E-state index contributed by atoms with van der Waals surface area (Å²) in [4.78, 5) is 14.6. The van der Waals surface area contributed by atoms with Gasteiger partial charge in [-0.2, -0.15) is 13.2 Å². The molecule has 0 aromatic carbocycles. The maximum Gasteiger partial charge on any atom is 0.420 e. The van der Waals surface area contributed by atoms with Crippen molar-refractivity contribution < 1.29 is 18.0 Å². The van der Waals surface area contributed by atoms with Crippen LogP contribution in [0.25, 0.3) is 5.65 Å². The molecule has 2 aromatic heterocycles. The van der Waals surface area contributed by atoms with Crippen LogP contribution in [0.5, 0.6) is 0 Å². The monoisotopic (exact) mass is 444 g/mol. The van der Waals surface area contributed by atoms with Crippen LogP contribution in [0.4, 0.5) is 13.2 Å². The number of carbonyl (C=O) groups excluding carboxylic acids is 1. The Morgan fingerprint density at radius 3 is 2.86 bits per heavy atom. The molecule has 2 aliphatic heterocycles. The van der Waals surface area contributed by atoms with E-state index in [9.17, 15) is 18.0 Å². The molecule has 2 atom stereocenters. The van der Waals surface area contributed by atoms with Crippen LogP contribution >= 0.6 is 21.6 Å².